The van der Waals surface area contributed by atoms with Crippen LogP contribution < -0.4 is 34.8 Å². The standard InChI is InChI=1S/C25H31ClN4O5S/c1-32-20-9-8-15(11-19(20)29-25(31)18(30-26)7-5-6-10-27)17-14-28-36-24(17)16-12-21(33-2)23(35-4)22(13-16)34-3/h8-9,11-14,18,30H,5-7,10,27H2,1-4H3,(H,29,31)/t18-/m1/s1. The molecule has 0 fully saturated rings. The maximum Gasteiger partial charge on any atom is 0.242 e. The Labute approximate surface area is 220 Å². The zero-order valence-electron chi connectivity index (χ0n) is 20.7. The Kier molecular flexibility index (Phi) is 10.2. The number of methoxy groups -OCH3 is 4. The van der Waals surface area contributed by atoms with Crippen LogP contribution in [0.2, 0.25) is 0 Å². The van der Waals surface area contributed by atoms with Crippen molar-refractivity contribution in [2.24, 2.45) is 5.73 Å². The number of nitrogens with one attached hydrogen (secondary N) is 2. The number of aromatic nitrogens is 1. The minimum atomic E-state index is -0.566. The number of unbranched alkanes of at least 4 members (excludes halogenated alkanes) is 1. The van der Waals surface area contributed by atoms with E-state index in [1.54, 1.807) is 40.7 Å². The molecule has 36 heavy (non-hydrogen) atoms. The van der Waals surface area contributed by atoms with Crippen LogP contribution in [-0.4, -0.2) is 51.3 Å². The highest BCUT2D eigenvalue weighted by Gasteiger charge is 2.21. The molecule has 11 heteroatoms. The number of amides is 1. The predicted molar refractivity (Wildman–Crippen MR) is 144 cm³/mol. The second-order valence-electron chi connectivity index (χ2n) is 7.83. The van der Waals surface area contributed by atoms with Crippen LogP contribution >= 0.6 is 23.3 Å². The molecule has 0 aliphatic carbocycles. The minimum absolute atomic E-state index is 0.259. The lowest BCUT2D eigenvalue weighted by molar-refractivity contribution is -0.117. The first-order chi connectivity index (χ1) is 17.5. The van der Waals surface area contributed by atoms with Gasteiger partial charge in [-0.05, 0) is 72.5 Å². The molecule has 0 radical (unpaired) electrons. The Hall–Kier alpha value is -3.05. The molecule has 4 N–H and O–H groups in total. The lowest BCUT2D eigenvalue weighted by atomic mass is 10.0. The van der Waals surface area contributed by atoms with Gasteiger partial charge in [-0.25, -0.2) is 4.84 Å². The summed E-state index contributed by atoms with van der Waals surface area (Å²) >= 11 is 7.18. The molecule has 3 rings (SSSR count). The van der Waals surface area contributed by atoms with E-state index in [1.165, 1.54) is 11.5 Å². The van der Waals surface area contributed by atoms with Gasteiger partial charge < -0.3 is 30.0 Å². The van der Waals surface area contributed by atoms with Crippen molar-refractivity contribution in [2.75, 3.05) is 40.3 Å². The van der Waals surface area contributed by atoms with E-state index in [0.29, 0.717) is 41.7 Å². The van der Waals surface area contributed by atoms with Crippen LogP contribution in [0.15, 0.2) is 36.5 Å². The van der Waals surface area contributed by atoms with Gasteiger partial charge in [0, 0.05) is 17.3 Å². The highest BCUT2D eigenvalue weighted by Crippen LogP contribution is 2.45. The van der Waals surface area contributed by atoms with Crippen LogP contribution in [0, 0.1) is 0 Å². The first kappa shape index (κ1) is 27.5. The summed E-state index contributed by atoms with van der Waals surface area (Å²) in [6.45, 7) is 0.565. The summed E-state index contributed by atoms with van der Waals surface area (Å²) in [5.41, 5.74) is 8.67. The van der Waals surface area contributed by atoms with Crippen LogP contribution in [0.3, 0.4) is 0 Å². The largest absolute Gasteiger partial charge is 0.495 e. The van der Waals surface area contributed by atoms with E-state index < -0.39 is 6.04 Å². The van der Waals surface area contributed by atoms with E-state index in [1.807, 2.05) is 24.3 Å². The first-order valence-corrected chi connectivity index (χ1v) is 12.5. The van der Waals surface area contributed by atoms with Crippen molar-refractivity contribution < 1.29 is 23.7 Å². The van der Waals surface area contributed by atoms with Gasteiger partial charge in [-0.2, -0.15) is 4.37 Å². The molecule has 3 aromatic rings. The fraction of sp³-hybridized carbons (Fsp3) is 0.360. The topological polar surface area (TPSA) is 117 Å². The Morgan fingerprint density at radius 2 is 1.69 bits per heavy atom. The van der Waals surface area contributed by atoms with Crippen LogP contribution in [-0.2, 0) is 4.79 Å². The van der Waals surface area contributed by atoms with Gasteiger partial charge in [0.25, 0.3) is 0 Å². The number of nitrogens with two attached hydrogens (primary N) is 1. The Morgan fingerprint density at radius 1 is 1.00 bits per heavy atom. The van der Waals surface area contributed by atoms with E-state index in [4.69, 9.17) is 36.5 Å². The normalized spacial score (nSPS) is 11.6. The van der Waals surface area contributed by atoms with Gasteiger partial charge in [0.2, 0.25) is 11.7 Å². The third-order valence-corrected chi connectivity index (χ3v) is 6.77. The monoisotopic (exact) mass is 534 g/mol. The molecule has 0 spiro atoms. The lowest BCUT2D eigenvalue weighted by Crippen LogP contribution is -2.36. The molecular formula is C25H31ClN4O5S. The molecule has 2 aromatic carbocycles. The van der Waals surface area contributed by atoms with Gasteiger partial charge in [0.05, 0.1) is 39.0 Å². The molecule has 0 saturated heterocycles. The van der Waals surface area contributed by atoms with Crippen LogP contribution in [0.5, 0.6) is 23.0 Å². The minimum Gasteiger partial charge on any atom is -0.495 e. The maximum atomic E-state index is 12.9. The lowest BCUT2D eigenvalue weighted by Gasteiger charge is -2.17. The van der Waals surface area contributed by atoms with Gasteiger partial charge in [-0.3, -0.25) is 4.79 Å². The predicted octanol–water partition coefficient (Wildman–Crippen LogP) is 4.69. The highest BCUT2D eigenvalue weighted by molar-refractivity contribution is 7.10. The molecule has 1 heterocycles. The van der Waals surface area contributed by atoms with Gasteiger partial charge >= 0.3 is 0 Å². The number of hydrogen-bond acceptors (Lipinski definition) is 9. The molecular weight excluding hydrogens is 504 g/mol. The molecule has 9 nitrogen and oxygen atoms in total. The van der Waals surface area contributed by atoms with E-state index >= 15 is 0 Å². The smallest absolute Gasteiger partial charge is 0.242 e. The van der Waals surface area contributed by atoms with Crippen molar-refractivity contribution in [1.29, 1.82) is 0 Å². The van der Waals surface area contributed by atoms with E-state index in [0.717, 1.165) is 34.4 Å². The summed E-state index contributed by atoms with van der Waals surface area (Å²) in [4.78, 5) is 16.4. The average Bonchev–Trinajstić information content (AvgIpc) is 3.40. The van der Waals surface area contributed by atoms with Crippen LogP contribution in [0.1, 0.15) is 19.3 Å². The number of ether oxygens (including phenoxy) is 4. The first-order valence-electron chi connectivity index (χ1n) is 11.3. The van der Waals surface area contributed by atoms with E-state index in [2.05, 4.69) is 14.5 Å². The van der Waals surface area contributed by atoms with Gasteiger partial charge in [0.15, 0.2) is 11.5 Å². The van der Waals surface area contributed by atoms with Crippen LogP contribution in [0.25, 0.3) is 21.6 Å². The van der Waals surface area contributed by atoms with Crippen molar-refractivity contribution in [3.05, 3.63) is 36.5 Å². The zero-order valence-corrected chi connectivity index (χ0v) is 22.3. The summed E-state index contributed by atoms with van der Waals surface area (Å²) < 4.78 is 26.4. The number of hydrogen-bond donors (Lipinski definition) is 3. The van der Waals surface area contributed by atoms with E-state index in [-0.39, 0.29) is 5.91 Å². The number of benzene rings is 2. The highest BCUT2D eigenvalue weighted by atomic mass is 35.5. The SMILES string of the molecule is COc1ccc(-c2cnsc2-c2cc(OC)c(OC)c(OC)c2)cc1NC(=O)[C@@H](CCCCN)NCl. The van der Waals surface area contributed by atoms with E-state index in [9.17, 15) is 4.79 Å². The third-order valence-electron chi connectivity index (χ3n) is 5.66. The van der Waals surface area contributed by atoms with Crippen molar-refractivity contribution in [3.8, 4) is 44.6 Å². The second-order valence-corrected chi connectivity index (χ2v) is 8.85. The molecule has 1 amide bonds. The molecule has 1 atom stereocenters. The summed E-state index contributed by atoms with van der Waals surface area (Å²) in [5, 5.41) is 2.94. The van der Waals surface area contributed by atoms with Crippen LogP contribution in [0.4, 0.5) is 5.69 Å². The second kappa shape index (κ2) is 13.3. The van der Waals surface area contributed by atoms with Crippen molar-refractivity contribution in [3.63, 3.8) is 0 Å². The van der Waals surface area contributed by atoms with Gasteiger partial charge in [-0.15, -0.1) is 0 Å². The number of rotatable bonds is 13. The number of halogens is 1. The van der Waals surface area contributed by atoms with Crippen molar-refractivity contribution in [1.82, 2.24) is 9.21 Å². The molecule has 0 aliphatic heterocycles. The third kappa shape index (κ3) is 6.19. The number of nitrogens with zero attached hydrogens (tertiary/aromatic N) is 1. The maximum absolute atomic E-state index is 12.9. The van der Waals surface area contributed by atoms with Crippen molar-refractivity contribution >= 4 is 34.9 Å². The van der Waals surface area contributed by atoms with Crippen molar-refractivity contribution in [2.45, 2.75) is 25.3 Å². The Bertz CT molecular complexity index is 1150. The molecule has 0 saturated carbocycles. The number of carbonyl (C=O) groups is 1. The van der Waals surface area contributed by atoms with Gasteiger partial charge in [0.1, 0.15) is 11.8 Å². The molecule has 0 aliphatic rings. The summed E-state index contributed by atoms with van der Waals surface area (Å²) in [6.07, 6.45) is 3.95. The van der Waals surface area contributed by atoms with Gasteiger partial charge in [-0.1, -0.05) is 12.5 Å². The Morgan fingerprint density at radius 3 is 2.28 bits per heavy atom. The molecule has 194 valence electrons. The summed E-state index contributed by atoms with van der Waals surface area (Å²) in [6, 6.07) is 8.76. The molecule has 0 unspecified atom stereocenters. The number of anilines is 1. The fourth-order valence-corrected chi connectivity index (χ4v) is 4.75. The Balaban J connectivity index is 1.97. The fourth-order valence-electron chi connectivity index (χ4n) is 3.79. The molecule has 0 bridgehead atoms. The zero-order chi connectivity index (χ0) is 26.1. The summed E-state index contributed by atoms with van der Waals surface area (Å²) in [7, 11) is 6.27. The average molecular weight is 535 g/mol. The quantitative estimate of drug-likeness (QED) is 0.213. The summed E-state index contributed by atoms with van der Waals surface area (Å²) in [5.74, 6) is 1.87. The number of carbonyl (C=O) groups excluding carboxylic acids is 1. The molecule has 1 aromatic heterocycles.